The van der Waals surface area contributed by atoms with E-state index in [-0.39, 0.29) is 16.4 Å². The van der Waals surface area contributed by atoms with E-state index in [9.17, 15) is 9.59 Å². The van der Waals surface area contributed by atoms with Gasteiger partial charge in [-0.25, -0.2) is 9.78 Å². The number of fused-ring (bicyclic) bond motifs is 1. The largest absolute Gasteiger partial charge is 0.332 e. The topological polar surface area (TPSA) is 82.7 Å². The molecular weight excluding hydrogens is 222 g/mol. The van der Waals surface area contributed by atoms with Gasteiger partial charge in [-0.05, 0) is 11.6 Å². The van der Waals surface area contributed by atoms with E-state index in [2.05, 4.69) is 15.2 Å². The highest BCUT2D eigenvalue weighted by Crippen LogP contribution is 2.02. The van der Waals surface area contributed by atoms with Gasteiger partial charge < -0.3 is 0 Å². The third-order valence-electron chi connectivity index (χ3n) is 2.04. The fourth-order valence-corrected chi connectivity index (χ4v) is 1.35. The summed E-state index contributed by atoms with van der Waals surface area (Å²) in [5.74, 6) is 0. The number of rotatable bonds is 0. The summed E-state index contributed by atoms with van der Waals surface area (Å²) >= 11 is 5.51. The number of hydrogen-bond donors (Lipinski definition) is 0. The first-order valence-corrected chi connectivity index (χ1v) is 4.36. The molecule has 0 amide bonds. The highest BCUT2D eigenvalue weighted by Gasteiger charge is 2.11. The third kappa shape index (κ3) is 1.32. The van der Waals surface area contributed by atoms with Crippen LogP contribution in [0.5, 0.6) is 0 Å². The SMILES string of the molecule is Cn1c(=O)c2nc(Cl)nnc2n(C)c1=O. The maximum Gasteiger partial charge on any atom is 0.332 e. The summed E-state index contributed by atoms with van der Waals surface area (Å²) < 4.78 is 2.13. The molecule has 0 aliphatic heterocycles. The molecule has 2 rings (SSSR count). The fourth-order valence-electron chi connectivity index (χ4n) is 1.23. The molecule has 0 radical (unpaired) electrons. The van der Waals surface area contributed by atoms with E-state index in [1.807, 2.05) is 0 Å². The summed E-state index contributed by atoms with van der Waals surface area (Å²) in [6.45, 7) is 0. The maximum absolute atomic E-state index is 11.6. The summed E-state index contributed by atoms with van der Waals surface area (Å²) in [5.41, 5.74) is -0.872. The number of aryl methyl sites for hydroxylation is 1. The van der Waals surface area contributed by atoms with E-state index in [1.165, 1.54) is 18.7 Å². The summed E-state index contributed by atoms with van der Waals surface area (Å²) in [7, 11) is 2.84. The third-order valence-corrected chi connectivity index (χ3v) is 2.20. The number of nitrogens with zero attached hydrogens (tertiary/aromatic N) is 5. The Morgan fingerprint density at radius 1 is 1.13 bits per heavy atom. The van der Waals surface area contributed by atoms with Crippen LogP contribution in [0.3, 0.4) is 0 Å². The van der Waals surface area contributed by atoms with Gasteiger partial charge in [0.25, 0.3) is 5.56 Å². The summed E-state index contributed by atoms with van der Waals surface area (Å²) in [5, 5.41) is 7.00. The standard InChI is InChI=1S/C7H6ClN5O2/c1-12-4-3(9-6(8)11-10-4)5(14)13(2)7(12)15/h1-2H3. The van der Waals surface area contributed by atoms with Crippen LogP contribution in [0.2, 0.25) is 5.28 Å². The molecule has 0 N–H and O–H groups in total. The van der Waals surface area contributed by atoms with Gasteiger partial charge in [-0.3, -0.25) is 13.9 Å². The first kappa shape index (κ1) is 9.78. The Balaban J connectivity index is 3.15. The minimum atomic E-state index is -0.537. The van der Waals surface area contributed by atoms with Gasteiger partial charge in [-0.1, -0.05) is 0 Å². The molecule has 2 aromatic heterocycles. The Hall–Kier alpha value is -1.76. The number of halogens is 1. The molecule has 0 fully saturated rings. The lowest BCUT2D eigenvalue weighted by Gasteiger charge is -2.04. The fraction of sp³-hybridized carbons (Fsp3) is 0.286. The molecule has 78 valence electrons. The minimum Gasteiger partial charge on any atom is -0.278 e. The van der Waals surface area contributed by atoms with E-state index in [4.69, 9.17) is 11.6 Å². The predicted octanol–water partition coefficient (Wildman–Crippen LogP) is -0.924. The van der Waals surface area contributed by atoms with E-state index in [0.717, 1.165) is 4.57 Å². The molecule has 8 heteroatoms. The van der Waals surface area contributed by atoms with Crippen molar-refractivity contribution in [2.24, 2.45) is 14.1 Å². The molecule has 0 saturated carbocycles. The van der Waals surface area contributed by atoms with Crippen LogP contribution < -0.4 is 11.2 Å². The average molecular weight is 228 g/mol. The highest BCUT2D eigenvalue weighted by atomic mass is 35.5. The Bertz CT molecular complexity index is 659. The van der Waals surface area contributed by atoms with E-state index in [1.54, 1.807) is 0 Å². The quantitative estimate of drug-likeness (QED) is 0.581. The summed E-state index contributed by atoms with van der Waals surface area (Å²) in [4.78, 5) is 26.8. The molecule has 0 aliphatic carbocycles. The molecule has 0 aromatic carbocycles. The Morgan fingerprint density at radius 2 is 1.80 bits per heavy atom. The van der Waals surface area contributed by atoms with Gasteiger partial charge in [-0.2, -0.15) is 0 Å². The molecule has 7 nitrogen and oxygen atoms in total. The van der Waals surface area contributed by atoms with E-state index < -0.39 is 11.2 Å². The van der Waals surface area contributed by atoms with Crippen molar-refractivity contribution in [3.63, 3.8) is 0 Å². The number of hydrogen-bond acceptors (Lipinski definition) is 5. The van der Waals surface area contributed by atoms with Crippen LogP contribution in [0.25, 0.3) is 11.2 Å². The lowest BCUT2D eigenvalue weighted by Crippen LogP contribution is -2.37. The highest BCUT2D eigenvalue weighted by molar-refractivity contribution is 6.28. The lowest BCUT2D eigenvalue weighted by molar-refractivity contribution is 0.698. The molecule has 0 saturated heterocycles. The Morgan fingerprint density at radius 3 is 2.47 bits per heavy atom. The molecule has 2 aromatic rings. The van der Waals surface area contributed by atoms with Crippen LogP contribution >= 0.6 is 11.6 Å². The van der Waals surface area contributed by atoms with Gasteiger partial charge in [0.1, 0.15) is 0 Å². The molecule has 0 unspecified atom stereocenters. The van der Waals surface area contributed by atoms with Crippen molar-refractivity contribution in [2.75, 3.05) is 0 Å². The maximum atomic E-state index is 11.6. The second kappa shape index (κ2) is 3.13. The van der Waals surface area contributed by atoms with Crippen molar-refractivity contribution in [1.82, 2.24) is 24.3 Å². The van der Waals surface area contributed by atoms with Crippen molar-refractivity contribution in [3.05, 3.63) is 26.1 Å². The monoisotopic (exact) mass is 227 g/mol. The molecule has 0 atom stereocenters. The van der Waals surface area contributed by atoms with Crippen molar-refractivity contribution in [2.45, 2.75) is 0 Å². The first-order chi connectivity index (χ1) is 7.02. The minimum absolute atomic E-state index is 0.0274. The van der Waals surface area contributed by atoms with Gasteiger partial charge in [0, 0.05) is 14.1 Å². The zero-order valence-electron chi connectivity index (χ0n) is 7.93. The van der Waals surface area contributed by atoms with Gasteiger partial charge >= 0.3 is 5.69 Å². The zero-order valence-corrected chi connectivity index (χ0v) is 8.69. The summed E-state index contributed by atoms with van der Waals surface area (Å²) in [6.07, 6.45) is 0. The second-order valence-electron chi connectivity index (χ2n) is 2.96. The van der Waals surface area contributed by atoms with Gasteiger partial charge in [-0.15, -0.1) is 10.2 Å². The molecule has 15 heavy (non-hydrogen) atoms. The number of aromatic nitrogens is 5. The second-order valence-corrected chi connectivity index (χ2v) is 3.30. The van der Waals surface area contributed by atoms with Crippen molar-refractivity contribution >= 4 is 22.8 Å². The lowest BCUT2D eigenvalue weighted by atomic mass is 10.5. The summed E-state index contributed by atoms with van der Waals surface area (Å²) in [6, 6.07) is 0. The molecule has 2 heterocycles. The van der Waals surface area contributed by atoms with Gasteiger partial charge in [0.05, 0.1) is 0 Å². The van der Waals surface area contributed by atoms with Gasteiger partial charge in [0.15, 0.2) is 11.2 Å². The van der Waals surface area contributed by atoms with E-state index in [0.29, 0.717) is 0 Å². The van der Waals surface area contributed by atoms with Crippen LogP contribution in [-0.2, 0) is 14.1 Å². The average Bonchev–Trinajstić information content (AvgIpc) is 2.23. The Kier molecular flexibility index (Phi) is 2.04. The van der Waals surface area contributed by atoms with Crippen LogP contribution in [0, 0.1) is 0 Å². The normalized spacial score (nSPS) is 10.9. The van der Waals surface area contributed by atoms with Crippen LogP contribution in [0.1, 0.15) is 0 Å². The van der Waals surface area contributed by atoms with Gasteiger partial charge in [0.2, 0.25) is 5.28 Å². The van der Waals surface area contributed by atoms with Crippen LogP contribution in [0.4, 0.5) is 0 Å². The van der Waals surface area contributed by atoms with Crippen molar-refractivity contribution in [3.8, 4) is 0 Å². The van der Waals surface area contributed by atoms with Crippen molar-refractivity contribution < 1.29 is 0 Å². The predicted molar refractivity (Wildman–Crippen MR) is 52.8 cm³/mol. The molecular formula is C7H6ClN5O2. The van der Waals surface area contributed by atoms with E-state index >= 15 is 0 Å². The Labute approximate surface area is 88.0 Å². The van der Waals surface area contributed by atoms with Crippen LogP contribution in [0.15, 0.2) is 9.59 Å². The molecule has 0 spiro atoms. The van der Waals surface area contributed by atoms with Crippen LogP contribution in [-0.4, -0.2) is 24.3 Å². The smallest absolute Gasteiger partial charge is 0.278 e. The van der Waals surface area contributed by atoms with Crippen molar-refractivity contribution in [1.29, 1.82) is 0 Å². The molecule has 0 bridgehead atoms. The molecule has 0 aliphatic rings. The zero-order chi connectivity index (χ0) is 11.2. The first-order valence-electron chi connectivity index (χ1n) is 3.98.